The molecule has 0 saturated carbocycles. The van der Waals surface area contributed by atoms with Gasteiger partial charge in [-0.25, -0.2) is 4.99 Å². The molecule has 0 N–H and O–H groups in total. The Morgan fingerprint density at radius 1 is 0.871 bits per heavy atom. The van der Waals surface area contributed by atoms with E-state index in [4.69, 9.17) is 4.99 Å². The van der Waals surface area contributed by atoms with E-state index in [1.807, 2.05) is 32.2 Å². The Kier molecular flexibility index (Phi) is 6.37. The van der Waals surface area contributed by atoms with Crippen LogP contribution in [-0.4, -0.2) is 18.6 Å². The van der Waals surface area contributed by atoms with Crippen molar-refractivity contribution in [2.24, 2.45) is 9.98 Å². The third-order valence-corrected chi connectivity index (χ3v) is 5.61. The molecule has 0 bridgehead atoms. The first-order valence-electron chi connectivity index (χ1n) is 10.8. The molecule has 31 heavy (non-hydrogen) atoms. The van der Waals surface area contributed by atoms with Gasteiger partial charge in [0.1, 0.15) is 0 Å². The molecule has 0 unspecified atom stereocenters. The summed E-state index contributed by atoms with van der Waals surface area (Å²) in [6.07, 6.45) is 9.99. The average molecular weight is 405 g/mol. The van der Waals surface area contributed by atoms with E-state index in [0.717, 1.165) is 35.5 Å². The summed E-state index contributed by atoms with van der Waals surface area (Å²) in [5.41, 5.74) is 9.95. The standard InChI is InChI=1S/C29H28N2/c1-4-5-6-10-13-28(22-11-8-7-9-12-22)31-29(30-3)24-16-17-26-25(20-24)19-23-15-14-21(2)18-27(23)26/h4-12,14-18,20H,13,19H2,1-3H3/b5-4-,10-6-,30-29-,31-28+. The number of nitrogens with zero attached hydrogens (tertiary/aromatic N) is 2. The van der Waals surface area contributed by atoms with Gasteiger partial charge in [-0.2, -0.15) is 0 Å². The van der Waals surface area contributed by atoms with Gasteiger partial charge in [-0.1, -0.05) is 90.5 Å². The Hall–Kier alpha value is -3.52. The first-order valence-corrected chi connectivity index (χ1v) is 10.8. The zero-order valence-electron chi connectivity index (χ0n) is 18.5. The molecule has 0 spiro atoms. The van der Waals surface area contributed by atoms with Gasteiger partial charge in [0.05, 0.1) is 5.71 Å². The molecule has 2 heteroatoms. The number of amidine groups is 1. The predicted octanol–water partition coefficient (Wildman–Crippen LogP) is 6.95. The van der Waals surface area contributed by atoms with Gasteiger partial charge < -0.3 is 0 Å². The van der Waals surface area contributed by atoms with Crippen LogP contribution < -0.4 is 0 Å². The number of allylic oxidation sites excluding steroid dienone is 4. The molecule has 3 aromatic carbocycles. The van der Waals surface area contributed by atoms with E-state index in [0.29, 0.717) is 0 Å². The predicted molar refractivity (Wildman–Crippen MR) is 133 cm³/mol. The van der Waals surface area contributed by atoms with Crippen LogP contribution in [-0.2, 0) is 6.42 Å². The molecule has 2 nitrogen and oxygen atoms in total. The molecular weight excluding hydrogens is 376 g/mol. The molecule has 0 aromatic heterocycles. The summed E-state index contributed by atoms with van der Waals surface area (Å²) < 4.78 is 0. The maximum atomic E-state index is 5.01. The van der Waals surface area contributed by atoms with Gasteiger partial charge in [-0.05, 0) is 54.2 Å². The van der Waals surface area contributed by atoms with Crippen LogP contribution in [0.15, 0.2) is 101 Å². The maximum absolute atomic E-state index is 5.01. The highest BCUT2D eigenvalue weighted by atomic mass is 14.9. The number of hydrogen-bond donors (Lipinski definition) is 0. The smallest absolute Gasteiger partial charge is 0.154 e. The molecule has 1 aliphatic rings. The van der Waals surface area contributed by atoms with Crippen LogP contribution in [0.2, 0.25) is 0 Å². The number of fused-ring (bicyclic) bond motifs is 3. The fourth-order valence-corrected chi connectivity index (χ4v) is 4.04. The SMILES string of the molecule is C/C=C\C=C/C/C(=N\C(=N/C)c1ccc2c(c1)Cc1ccc(C)cc1-2)c1ccccc1. The van der Waals surface area contributed by atoms with Crippen molar-refractivity contribution in [3.8, 4) is 11.1 Å². The molecule has 0 fully saturated rings. The summed E-state index contributed by atoms with van der Waals surface area (Å²) in [4.78, 5) is 9.56. The van der Waals surface area contributed by atoms with Gasteiger partial charge in [0.15, 0.2) is 5.84 Å². The Balaban J connectivity index is 1.69. The summed E-state index contributed by atoms with van der Waals surface area (Å²) in [5, 5.41) is 0. The van der Waals surface area contributed by atoms with Crippen LogP contribution in [0.4, 0.5) is 0 Å². The Morgan fingerprint density at radius 2 is 1.71 bits per heavy atom. The summed E-state index contributed by atoms with van der Waals surface area (Å²) in [7, 11) is 1.82. The van der Waals surface area contributed by atoms with Crippen molar-refractivity contribution >= 4 is 11.5 Å². The Morgan fingerprint density at radius 3 is 2.48 bits per heavy atom. The monoisotopic (exact) mass is 404 g/mol. The lowest BCUT2D eigenvalue weighted by molar-refractivity contribution is 1.25. The zero-order chi connectivity index (χ0) is 21.6. The highest BCUT2D eigenvalue weighted by Gasteiger charge is 2.19. The van der Waals surface area contributed by atoms with Crippen LogP contribution in [0.25, 0.3) is 11.1 Å². The van der Waals surface area contributed by atoms with E-state index in [1.165, 1.54) is 27.8 Å². The molecule has 154 valence electrons. The minimum Gasteiger partial charge on any atom is -0.270 e. The highest BCUT2D eigenvalue weighted by molar-refractivity contribution is 6.13. The molecule has 0 amide bonds. The number of aliphatic imine (C=N–C) groups is 2. The lowest BCUT2D eigenvalue weighted by Crippen LogP contribution is -2.07. The number of aryl methyl sites for hydroxylation is 1. The summed E-state index contributed by atoms with van der Waals surface area (Å²) >= 11 is 0. The molecule has 3 aromatic rings. The van der Waals surface area contributed by atoms with Crippen LogP contribution in [0.3, 0.4) is 0 Å². The number of rotatable bonds is 5. The molecule has 1 aliphatic carbocycles. The van der Waals surface area contributed by atoms with Crippen molar-refractivity contribution in [2.75, 3.05) is 7.05 Å². The second-order valence-electron chi connectivity index (χ2n) is 7.84. The summed E-state index contributed by atoms with van der Waals surface area (Å²) in [6.45, 7) is 4.17. The van der Waals surface area contributed by atoms with E-state index in [-0.39, 0.29) is 0 Å². The fourth-order valence-electron chi connectivity index (χ4n) is 4.04. The summed E-state index contributed by atoms with van der Waals surface area (Å²) in [5.74, 6) is 0.772. The Bertz CT molecular complexity index is 1190. The second-order valence-corrected chi connectivity index (χ2v) is 7.84. The van der Waals surface area contributed by atoms with Crippen molar-refractivity contribution in [3.63, 3.8) is 0 Å². The number of benzene rings is 3. The van der Waals surface area contributed by atoms with Crippen LogP contribution in [0.5, 0.6) is 0 Å². The van der Waals surface area contributed by atoms with E-state index >= 15 is 0 Å². The van der Waals surface area contributed by atoms with Crippen molar-refractivity contribution in [3.05, 3.63) is 119 Å². The Labute approximate surface area is 185 Å². The molecule has 0 atom stereocenters. The van der Waals surface area contributed by atoms with E-state index in [9.17, 15) is 0 Å². The molecular formula is C29H28N2. The van der Waals surface area contributed by atoms with Gasteiger partial charge in [0.25, 0.3) is 0 Å². The third kappa shape index (κ3) is 4.64. The van der Waals surface area contributed by atoms with Crippen LogP contribution in [0, 0.1) is 6.92 Å². The van der Waals surface area contributed by atoms with Crippen molar-refractivity contribution in [2.45, 2.75) is 26.7 Å². The normalized spacial score (nSPS) is 13.8. The minimum atomic E-state index is 0.753. The topological polar surface area (TPSA) is 24.7 Å². The lowest BCUT2D eigenvalue weighted by atomic mass is 10.0. The van der Waals surface area contributed by atoms with Gasteiger partial charge in [-0.3, -0.25) is 4.99 Å². The van der Waals surface area contributed by atoms with Crippen molar-refractivity contribution in [1.29, 1.82) is 0 Å². The van der Waals surface area contributed by atoms with Crippen molar-refractivity contribution < 1.29 is 0 Å². The van der Waals surface area contributed by atoms with Crippen molar-refractivity contribution in [1.82, 2.24) is 0 Å². The largest absolute Gasteiger partial charge is 0.270 e. The van der Waals surface area contributed by atoms with Crippen LogP contribution in [0.1, 0.15) is 41.2 Å². The zero-order valence-corrected chi connectivity index (χ0v) is 18.5. The summed E-state index contributed by atoms with van der Waals surface area (Å²) in [6, 6.07) is 23.7. The molecule has 0 aliphatic heterocycles. The van der Waals surface area contributed by atoms with Gasteiger partial charge in [0.2, 0.25) is 0 Å². The van der Waals surface area contributed by atoms with E-state index in [1.54, 1.807) is 0 Å². The first-order chi connectivity index (χ1) is 15.2. The molecule has 0 heterocycles. The number of hydrogen-bond acceptors (Lipinski definition) is 1. The lowest BCUT2D eigenvalue weighted by Gasteiger charge is -2.09. The van der Waals surface area contributed by atoms with Crippen LogP contribution >= 0.6 is 0 Å². The molecule has 4 rings (SSSR count). The van der Waals surface area contributed by atoms with Gasteiger partial charge in [0, 0.05) is 19.0 Å². The van der Waals surface area contributed by atoms with Gasteiger partial charge in [-0.15, -0.1) is 0 Å². The first kappa shape index (κ1) is 20.7. The molecule has 0 saturated heterocycles. The molecule has 0 radical (unpaired) electrons. The fraction of sp³-hybridized carbons (Fsp3) is 0.172. The maximum Gasteiger partial charge on any atom is 0.154 e. The quantitative estimate of drug-likeness (QED) is 0.195. The average Bonchev–Trinajstić information content (AvgIpc) is 3.16. The van der Waals surface area contributed by atoms with E-state index < -0.39 is 0 Å². The second kappa shape index (κ2) is 9.53. The third-order valence-electron chi connectivity index (χ3n) is 5.61. The minimum absolute atomic E-state index is 0.753. The van der Waals surface area contributed by atoms with E-state index in [2.05, 4.69) is 84.7 Å². The van der Waals surface area contributed by atoms with Gasteiger partial charge >= 0.3 is 0 Å². The highest BCUT2D eigenvalue weighted by Crippen LogP contribution is 2.37.